The first-order chi connectivity index (χ1) is 10.5. The highest BCUT2D eigenvalue weighted by molar-refractivity contribution is 7.87. The van der Waals surface area contributed by atoms with Crippen molar-refractivity contribution in [1.29, 1.82) is 0 Å². The summed E-state index contributed by atoms with van der Waals surface area (Å²) < 4.78 is 25.6. The zero-order valence-corrected chi connectivity index (χ0v) is 13.9. The van der Waals surface area contributed by atoms with Crippen molar-refractivity contribution in [2.24, 2.45) is 11.1 Å². The van der Waals surface area contributed by atoms with Gasteiger partial charge in [-0.1, -0.05) is 12.1 Å². The Labute approximate surface area is 134 Å². The number of para-hydroxylation sites is 1. The van der Waals surface area contributed by atoms with Crippen molar-refractivity contribution in [2.75, 3.05) is 19.6 Å². The molecule has 0 spiro atoms. The molecule has 1 aliphatic rings. The zero-order valence-electron chi connectivity index (χ0n) is 12.2. The van der Waals surface area contributed by atoms with E-state index in [-0.39, 0.29) is 0 Å². The van der Waals surface area contributed by atoms with Crippen molar-refractivity contribution in [2.45, 2.75) is 19.4 Å². The lowest BCUT2D eigenvalue weighted by Gasteiger charge is -2.32. The van der Waals surface area contributed by atoms with Gasteiger partial charge in [-0.3, -0.25) is 4.90 Å². The first kappa shape index (κ1) is 15.8. The van der Waals surface area contributed by atoms with Crippen LogP contribution in [0.1, 0.15) is 17.8 Å². The number of benzene rings is 1. The molecule has 120 valence electrons. The highest BCUT2D eigenvalue weighted by Crippen LogP contribution is 2.24. The van der Waals surface area contributed by atoms with Crippen molar-refractivity contribution in [1.82, 2.24) is 14.6 Å². The maximum Gasteiger partial charge on any atom is 0.274 e. The molecule has 8 heteroatoms. The fraction of sp³-hybridized carbons (Fsp3) is 0.500. The smallest absolute Gasteiger partial charge is 0.274 e. The van der Waals surface area contributed by atoms with Crippen molar-refractivity contribution < 1.29 is 8.42 Å². The van der Waals surface area contributed by atoms with E-state index in [1.165, 1.54) is 4.70 Å². The molecule has 3 N–H and O–H groups in total. The average Bonchev–Trinajstić information content (AvgIpc) is 2.87. The van der Waals surface area contributed by atoms with Crippen LogP contribution in [-0.4, -0.2) is 37.9 Å². The molecular weight excluding hydrogens is 320 g/mol. The Morgan fingerprint density at radius 1 is 1.41 bits per heavy atom. The van der Waals surface area contributed by atoms with E-state index in [2.05, 4.69) is 20.7 Å². The number of likely N-dealkylation sites (tertiary alicyclic amines) is 1. The predicted molar refractivity (Wildman–Crippen MR) is 88.7 cm³/mol. The highest BCUT2D eigenvalue weighted by atomic mass is 32.2. The second-order valence-corrected chi connectivity index (χ2v) is 8.21. The van der Waals surface area contributed by atoms with Crippen molar-refractivity contribution in [3.05, 3.63) is 29.3 Å². The van der Waals surface area contributed by atoms with Gasteiger partial charge in [-0.25, -0.2) is 14.8 Å². The molecule has 3 rings (SSSR count). The summed E-state index contributed by atoms with van der Waals surface area (Å²) in [5, 5.41) is 6.11. The van der Waals surface area contributed by atoms with Gasteiger partial charge in [-0.15, -0.1) is 11.3 Å². The molecule has 1 saturated heterocycles. The van der Waals surface area contributed by atoms with Crippen LogP contribution in [0.15, 0.2) is 24.3 Å². The van der Waals surface area contributed by atoms with Crippen molar-refractivity contribution in [3.8, 4) is 0 Å². The second kappa shape index (κ2) is 6.59. The molecule has 2 aromatic rings. The van der Waals surface area contributed by atoms with Gasteiger partial charge in [0, 0.05) is 13.1 Å². The van der Waals surface area contributed by atoms with E-state index >= 15 is 0 Å². The van der Waals surface area contributed by atoms with Crippen LogP contribution < -0.4 is 9.86 Å². The molecular formula is C14H20N4O2S2. The van der Waals surface area contributed by atoms with E-state index in [1.807, 2.05) is 18.2 Å². The molecule has 1 fully saturated rings. The van der Waals surface area contributed by atoms with Crippen LogP contribution in [0, 0.1) is 5.92 Å². The van der Waals surface area contributed by atoms with Crippen LogP contribution in [0.2, 0.25) is 0 Å². The maximum absolute atomic E-state index is 11.0. The predicted octanol–water partition coefficient (Wildman–Crippen LogP) is 1.30. The number of hydrogen-bond donors (Lipinski definition) is 2. The molecule has 22 heavy (non-hydrogen) atoms. The Morgan fingerprint density at radius 2 is 2.23 bits per heavy atom. The number of nitrogens with one attached hydrogen (secondary N) is 1. The van der Waals surface area contributed by atoms with E-state index in [0.29, 0.717) is 12.5 Å². The lowest BCUT2D eigenvalue weighted by molar-refractivity contribution is 0.169. The Balaban J connectivity index is 1.60. The fourth-order valence-electron chi connectivity index (χ4n) is 2.87. The molecule has 1 aromatic heterocycles. The number of nitrogens with two attached hydrogens (primary N) is 1. The van der Waals surface area contributed by atoms with Crippen LogP contribution in [0.3, 0.4) is 0 Å². The molecule has 0 radical (unpaired) electrons. The Morgan fingerprint density at radius 3 is 3.00 bits per heavy atom. The summed E-state index contributed by atoms with van der Waals surface area (Å²) in [6.45, 7) is 3.14. The number of aromatic nitrogens is 1. The van der Waals surface area contributed by atoms with Gasteiger partial charge < -0.3 is 0 Å². The average molecular weight is 340 g/mol. The summed E-state index contributed by atoms with van der Waals surface area (Å²) in [5.41, 5.74) is 1.05. The van der Waals surface area contributed by atoms with Crippen LogP contribution in [0.4, 0.5) is 0 Å². The van der Waals surface area contributed by atoms with Gasteiger partial charge in [0.15, 0.2) is 0 Å². The van der Waals surface area contributed by atoms with E-state index in [9.17, 15) is 8.42 Å². The summed E-state index contributed by atoms with van der Waals surface area (Å²) in [4.78, 5) is 7.01. The number of thiazole rings is 1. The van der Waals surface area contributed by atoms with Gasteiger partial charge in [0.1, 0.15) is 5.01 Å². The molecule has 0 saturated carbocycles. The molecule has 1 aliphatic heterocycles. The fourth-order valence-corrected chi connectivity index (χ4v) is 4.35. The van der Waals surface area contributed by atoms with Crippen LogP contribution >= 0.6 is 11.3 Å². The lowest BCUT2D eigenvalue weighted by Crippen LogP contribution is -2.42. The number of hydrogen-bond acceptors (Lipinski definition) is 5. The van der Waals surface area contributed by atoms with E-state index in [1.54, 1.807) is 11.3 Å². The third-order valence-corrected chi connectivity index (χ3v) is 5.46. The second-order valence-electron chi connectivity index (χ2n) is 5.71. The van der Waals surface area contributed by atoms with Gasteiger partial charge in [0.2, 0.25) is 0 Å². The molecule has 0 unspecified atom stereocenters. The molecule has 0 bridgehead atoms. The molecule has 6 nitrogen and oxygen atoms in total. The highest BCUT2D eigenvalue weighted by Gasteiger charge is 2.21. The summed E-state index contributed by atoms with van der Waals surface area (Å²) in [5.74, 6) is 0.307. The first-order valence-corrected chi connectivity index (χ1v) is 9.70. The van der Waals surface area contributed by atoms with E-state index < -0.39 is 10.2 Å². The molecule has 1 aromatic carbocycles. The summed E-state index contributed by atoms with van der Waals surface area (Å²) in [6.07, 6.45) is 2.10. The monoisotopic (exact) mass is 340 g/mol. The minimum absolute atomic E-state index is 0.307. The Bertz CT molecular complexity index is 711. The number of rotatable bonds is 5. The zero-order chi connectivity index (χ0) is 15.6. The summed E-state index contributed by atoms with van der Waals surface area (Å²) >= 11 is 1.73. The number of fused-ring (bicyclic) bond motifs is 1. The van der Waals surface area contributed by atoms with E-state index in [0.717, 1.165) is 43.0 Å². The van der Waals surface area contributed by atoms with E-state index in [4.69, 9.17) is 5.14 Å². The van der Waals surface area contributed by atoms with Gasteiger partial charge >= 0.3 is 0 Å². The maximum atomic E-state index is 11.0. The van der Waals surface area contributed by atoms with Gasteiger partial charge in [0.05, 0.1) is 16.8 Å². The van der Waals surface area contributed by atoms with Gasteiger partial charge in [0.25, 0.3) is 10.2 Å². The lowest BCUT2D eigenvalue weighted by atomic mass is 9.98. The van der Waals surface area contributed by atoms with Crippen LogP contribution in [0.5, 0.6) is 0 Å². The van der Waals surface area contributed by atoms with Crippen LogP contribution in [0.25, 0.3) is 10.2 Å². The van der Waals surface area contributed by atoms with Gasteiger partial charge in [-0.2, -0.15) is 8.42 Å². The number of nitrogens with zero attached hydrogens (tertiary/aromatic N) is 2. The third kappa shape index (κ3) is 4.23. The largest absolute Gasteiger partial charge is 0.296 e. The molecule has 2 heterocycles. The summed E-state index contributed by atoms with van der Waals surface area (Å²) in [7, 11) is -3.60. The Kier molecular flexibility index (Phi) is 4.74. The normalized spacial score (nSPS) is 20.5. The molecule has 0 aliphatic carbocycles. The van der Waals surface area contributed by atoms with Crippen molar-refractivity contribution in [3.63, 3.8) is 0 Å². The molecule has 1 atom stereocenters. The molecule has 0 amide bonds. The third-order valence-electron chi connectivity index (χ3n) is 3.87. The SMILES string of the molecule is NS(=O)(=O)NC[C@H]1CCCN(Cc2nc3ccccc3s2)C1. The van der Waals surface area contributed by atoms with Crippen LogP contribution in [-0.2, 0) is 16.8 Å². The quantitative estimate of drug-likeness (QED) is 0.859. The Hall–Kier alpha value is -1.06. The first-order valence-electron chi connectivity index (χ1n) is 7.34. The van der Waals surface area contributed by atoms with Gasteiger partial charge in [-0.05, 0) is 37.4 Å². The van der Waals surface area contributed by atoms with Crippen molar-refractivity contribution >= 4 is 31.8 Å². The minimum Gasteiger partial charge on any atom is -0.296 e. The topological polar surface area (TPSA) is 88.3 Å². The number of piperidine rings is 1. The standard InChI is InChI=1S/C14H20N4O2S2/c15-22(19,20)16-8-11-4-3-7-18(9-11)10-14-17-12-5-1-2-6-13(12)21-14/h1-2,5-6,11,16H,3-4,7-10H2,(H2,15,19,20)/t11-/m1/s1. The summed E-state index contributed by atoms with van der Waals surface area (Å²) in [6, 6.07) is 8.15. The minimum atomic E-state index is -3.60.